The normalized spacial score (nSPS) is 13.5. The summed E-state index contributed by atoms with van der Waals surface area (Å²) < 4.78 is 27.1. The molecule has 1 aliphatic heterocycles. The molecule has 2 heterocycles. The van der Waals surface area contributed by atoms with E-state index in [2.05, 4.69) is 20.0 Å². The van der Waals surface area contributed by atoms with Crippen molar-refractivity contribution in [2.75, 3.05) is 17.3 Å². The Kier molecular flexibility index (Phi) is 5.47. The van der Waals surface area contributed by atoms with E-state index < -0.39 is 10.0 Å². The smallest absolute Gasteiger partial charge is 0.240 e. The van der Waals surface area contributed by atoms with Crippen LogP contribution in [0.1, 0.15) is 19.4 Å². The highest BCUT2D eigenvalue weighted by atomic mass is 32.2. The third-order valence-electron chi connectivity index (χ3n) is 4.91. The minimum absolute atomic E-state index is 0.0256. The van der Waals surface area contributed by atoms with Crippen molar-refractivity contribution in [3.8, 4) is 11.3 Å². The number of rotatable bonds is 5. The molecule has 2 N–H and O–H groups in total. The standard InChI is InChI=1S/C22H23N5O3S/c1-14(2)26-31(29,30)17-10-8-16(9-11-17)24-22-23-13-15-12-20(28)27(3)19-7-5-4-6-18(19)21(15)25-22/h4-11,13-14,26H,12H2,1-3H3,(H,23,24,25). The number of benzene rings is 2. The molecule has 0 radical (unpaired) electrons. The zero-order valence-corrected chi connectivity index (χ0v) is 18.3. The number of amides is 1. The van der Waals surface area contributed by atoms with Gasteiger partial charge in [-0.25, -0.2) is 23.1 Å². The molecule has 0 fully saturated rings. The van der Waals surface area contributed by atoms with Gasteiger partial charge in [0.1, 0.15) is 0 Å². The van der Waals surface area contributed by atoms with Crippen LogP contribution in [-0.2, 0) is 21.2 Å². The van der Waals surface area contributed by atoms with Crippen molar-refractivity contribution in [2.45, 2.75) is 31.2 Å². The summed E-state index contributed by atoms with van der Waals surface area (Å²) in [5.41, 5.74) is 3.76. The second-order valence-corrected chi connectivity index (χ2v) is 9.35. The number of hydrogen-bond donors (Lipinski definition) is 2. The van der Waals surface area contributed by atoms with Gasteiger partial charge in [0.05, 0.1) is 22.7 Å². The van der Waals surface area contributed by atoms with Crippen LogP contribution in [0, 0.1) is 0 Å². The molecule has 4 rings (SSSR count). The van der Waals surface area contributed by atoms with Crippen LogP contribution in [0.25, 0.3) is 11.3 Å². The SMILES string of the molecule is CC(C)NS(=O)(=O)c1ccc(Nc2ncc3c(n2)-c2ccccc2N(C)C(=O)C3)cc1. The maximum atomic E-state index is 12.5. The number of nitrogens with zero attached hydrogens (tertiary/aromatic N) is 3. The van der Waals surface area contributed by atoms with E-state index in [1.807, 2.05) is 24.3 Å². The van der Waals surface area contributed by atoms with Gasteiger partial charge in [0.2, 0.25) is 21.9 Å². The molecule has 3 aromatic rings. The average Bonchev–Trinajstić information content (AvgIpc) is 2.83. The number of carbonyl (C=O) groups is 1. The monoisotopic (exact) mass is 437 g/mol. The molecule has 2 aromatic carbocycles. The van der Waals surface area contributed by atoms with E-state index in [1.165, 1.54) is 12.1 Å². The molecular weight excluding hydrogens is 414 g/mol. The van der Waals surface area contributed by atoms with E-state index in [4.69, 9.17) is 0 Å². The molecule has 0 saturated carbocycles. The summed E-state index contributed by atoms with van der Waals surface area (Å²) in [6.45, 7) is 3.54. The number of fused-ring (bicyclic) bond motifs is 3. The first kappa shape index (κ1) is 21.0. The highest BCUT2D eigenvalue weighted by Crippen LogP contribution is 2.35. The minimum atomic E-state index is -3.55. The molecule has 8 nitrogen and oxygen atoms in total. The first-order valence-electron chi connectivity index (χ1n) is 9.86. The molecule has 0 spiro atoms. The van der Waals surface area contributed by atoms with E-state index in [1.54, 1.807) is 44.1 Å². The van der Waals surface area contributed by atoms with Crippen molar-refractivity contribution in [3.63, 3.8) is 0 Å². The summed E-state index contributed by atoms with van der Waals surface area (Å²) >= 11 is 0. The molecule has 0 aliphatic carbocycles. The van der Waals surface area contributed by atoms with E-state index in [0.717, 1.165) is 16.8 Å². The van der Waals surface area contributed by atoms with Gasteiger partial charge in [0, 0.05) is 36.1 Å². The van der Waals surface area contributed by atoms with E-state index in [0.29, 0.717) is 17.3 Å². The highest BCUT2D eigenvalue weighted by Gasteiger charge is 2.24. The van der Waals surface area contributed by atoms with E-state index >= 15 is 0 Å². The lowest BCUT2D eigenvalue weighted by Crippen LogP contribution is -2.30. The summed E-state index contributed by atoms with van der Waals surface area (Å²) in [4.78, 5) is 23.3. The first-order valence-corrected chi connectivity index (χ1v) is 11.3. The summed E-state index contributed by atoms with van der Waals surface area (Å²) in [6, 6.07) is 13.8. The predicted octanol–water partition coefficient (Wildman–Crippen LogP) is 3.09. The predicted molar refractivity (Wildman–Crippen MR) is 120 cm³/mol. The molecule has 1 aromatic heterocycles. The van der Waals surface area contributed by atoms with Gasteiger partial charge in [-0.2, -0.15) is 0 Å². The lowest BCUT2D eigenvalue weighted by atomic mass is 10.1. The zero-order valence-electron chi connectivity index (χ0n) is 17.5. The van der Waals surface area contributed by atoms with Crippen LogP contribution in [0.2, 0.25) is 0 Å². The second kappa shape index (κ2) is 8.09. The van der Waals surface area contributed by atoms with Crippen molar-refractivity contribution >= 4 is 33.3 Å². The summed E-state index contributed by atoms with van der Waals surface area (Å²) in [5, 5.41) is 3.11. The Morgan fingerprint density at radius 2 is 1.77 bits per heavy atom. The average molecular weight is 438 g/mol. The largest absolute Gasteiger partial charge is 0.324 e. The fourth-order valence-corrected chi connectivity index (χ4v) is 4.69. The molecule has 0 unspecified atom stereocenters. The zero-order chi connectivity index (χ0) is 22.2. The molecule has 1 amide bonds. The van der Waals surface area contributed by atoms with Crippen molar-refractivity contribution in [3.05, 3.63) is 60.3 Å². The Labute approximate surface area is 181 Å². The summed E-state index contributed by atoms with van der Waals surface area (Å²) in [7, 11) is -1.80. The van der Waals surface area contributed by atoms with Gasteiger partial charge < -0.3 is 10.2 Å². The van der Waals surface area contributed by atoms with Crippen LogP contribution in [-0.4, -0.2) is 37.4 Å². The maximum Gasteiger partial charge on any atom is 0.240 e. The first-order chi connectivity index (χ1) is 14.7. The molecule has 1 aliphatic rings. The van der Waals surface area contributed by atoms with Crippen LogP contribution in [0.15, 0.2) is 59.6 Å². The number of sulfonamides is 1. The van der Waals surface area contributed by atoms with E-state index in [9.17, 15) is 13.2 Å². The Morgan fingerprint density at radius 1 is 1.06 bits per heavy atom. The molecular formula is C22H23N5O3S. The van der Waals surface area contributed by atoms with Crippen LogP contribution < -0.4 is 14.9 Å². The quantitative estimate of drug-likeness (QED) is 0.636. The lowest BCUT2D eigenvalue weighted by Gasteiger charge is -2.16. The van der Waals surface area contributed by atoms with Gasteiger partial charge in [-0.3, -0.25) is 4.79 Å². The molecule has 0 saturated heterocycles. The van der Waals surface area contributed by atoms with E-state index in [-0.39, 0.29) is 23.3 Å². The van der Waals surface area contributed by atoms with Crippen molar-refractivity contribution in [1.29, 1.82) is 0 Å². The second-order valence-electron chi connectivity index (χ2n) is 7.64. The fourth-order valence-electron chi connectivity index (χ4n) is 3.44. The Bertz CT molecular complexity index is 1240. The van der Waals surface area contributed by atoms with Crippen molar-refractivity contribution < 1.29 is 13.2 Å². The van der Waals surface area contributed by atoms with Crippen molar-refractivity contribution in [1.82, 2.24) is 14.7 Å². The van der Waals surface area contributed by atoms with Gasteiger partial charge >= 0.3 is 0 Å². The molecule has 9 heteroatoms. The third kappa shape index (κ3) is 4.28. The number of carbonyl (C=O) groups excluding carboxylic acids is 1. The van der Waals surface area contributed by atoms with Gasteiger partial charge in [0.25, 0.3) is 0 Å². The van der Waals surface area contributed by atoms with Gasteiger partial charge in [-0.1, -0.05) is 18.2 Å². The number of aromatic nitrogens is 2. The topological polar surface area (TPSA) is 104 Å². The van der Waals surface area contributed by atoms with Crippen molar-refractivity contribution in [2.24, 2.45) is 0 Å². The molecule has 31 heavy (non-hydrogen) atoms. The lowest BCUT2D eigenvalue weighted by molar-refractivity contribution is -0.117. The molecule has 0 bridgehead atoms. The number of nitrogens with one attached hydrogen (secondary N) is 2. The number of para-hydroxylation sites is 1. The molecule has 0 atom stereocenters. The fraction of sp³-hybridized carbons (Fsp3) is 0.227. The van der Waals surface area contributed by atoms with Gasteiger partial charge in [-0.05, 0) is 44.2 Å². The summed E-state index contributed by atoms with van der Waals surface area (Å²) in [6.07, 6.45) is 1.88. The molecule has 160 valence electrons. The van der Waals surface area contributed by atoms with Gasteiger partial charge in [-0.15, -0.1) is 0 Å². The minimum Gasteiger partial charge on any atom is -0.324 e. The maximum absolute atomic E-state index is 12.5. The number of hydrogen-bond acceptors (Lipinski definition) is 6. The Morgan fingerprint density at radius 3 is 2.48 bits per heavy atom. The Balaban J connectivity index is 1.64. The summed E-state index contributed by atoms with van der Waals surface area (Å²) in [5.74, 6) is 0.337. The Hall–Kier alpha value is -3.30. The van der Waals surface area contributed by atoms with Crippen LogP contribution >= 0.6 is 0 Å². The van der Waals surface area contributed by atoms with Crippen LogP contribution in [0.3, 0.4) is 0 Å². The highest BCUT2D eigenvalue weighted by molar-refractivity contribution is 7.89. The van der Waals surface area contributed by atoms with Gasteiger partial charge in [0.15, 0.2) is 0 Å². The van der Waals surface area contributed by atoms with Crippen LogP contribution in [0.4, 0.5) is 17.3 Å². The third-order valence-corrected chi connectivity index (χ3v) is 6.59. The number of anilines is 3. The van der Waals surface area contributed by atoms with Crippen LogP contribution in [0.5, 0.6) is 0 Å². The number of likely N-dealkylation sites (N-methyl/N-ethyl adjacent to an activating group) is 1.